The monoisotopic (exact) mass is 513 g/mol. The van der Waals surface area contributed by atoms with Gasteiger partial charge < -0.3 is 24.8 Å². The highest BCUT2D eigenvalue weighted by Gasteiger charge is 2.36. The van der Waals surface area contributed by atoms with Crippen LogP contribution in [-0.2, 0) is 11.3 Å². The van der Waals surface area contributed by atoms with E-state index in [9.17, 15) is 8.78 Å². The molecule has 0 unspecified atom stereocenters. The molecule has 1 aromatic carbocycles. The fraction of sp³-hybridized carbons (Fsp3) is 0.632. The molecule has 0 amide bonds. The van der Waals surface area contributed by atoms with Gasteiger partial charge in [0, 0.05) is 33.9 Å². The van der Waals surface area contributed by atoms with E-state index in [-0.39, 0.29) is 40.9 Å². The summed E-state index contributed by atoms with van der Waals surface area (Å²) < 4.78 is 39.9. The molecule has 0 saturated heterocycles. The maximum Gasteiger partial charge on any atom is 0.387 e. The number of halogens is 3. The van der Waals surface area contributed by atoms with Crippen LogP contribution in [0.5, 0.6) is 11.5 Å². The highest BCUT2D eigenvalue weighted by atomic mass is 127. The Balaban J connectivity index is 0.00000392. The van der Waals surface area contributed by atoms with Crippen molar-refractivity contribution in [1.29, 1.82) is 0 Å². The Morgan fingerprint density at radius 1 is 1.21 bits per heavy atom. The summed E-state index contributed by atoms with van der Waals surface area (Å²) in [6, 6.07) is 4.94. The van der Waals surface area contributed by atoms with Crippen molar-refractivity contribution in [3.05, 3.63) is 23.8 Å². The maximum atomic E-state index is 12.5. The SMILES string of the molecule is CN=C(NCc1ccc(OC)c(OC(F)F)c1)NCC1(CCOC)CCC1.I. The molecule has 2 N–H and O–H groups in total. The molecule has 0 radical (unpaired) electrons. The molecule has 0 aliphatic heterocycles. The lowest BCUT2D eigenvalue weighted by Gasteiger charge is -2.42. The van der Waals surface area contributed by atoms with E-state index < -0.39 is 6.61 Å². The molecular formula is C19H30F2IN3O3. The van der Waals surface area contributed by atoms with E-state index in [1.807, 2.05) is 0 Å². The second kappa shape index (κ2) is 12.3. The zero-order chi connectivity index (χ0) is 19.7. The molecule has 160 valence electrons. The van der Waals surface area contributed by atoms with Crippen molar-refractivity contribution in [2.45, 2.75) is 38.8 Å². The van der Waals surface area contributed by atoms with Crippen molar-refractivity contribution < 1.29 is 23.0 Å². The van der Waals surface area contributed by atoms with Crippen LogP contribution >= 0.6 is 24.0 Å². The number of alkyl halides is 2. The number of nitrogens with zero attached hydrogens (tertiary/aromatic N) is 1. The molecule has 0 aromatic heterocycles. The highest BCUT2D eigenvalue weighted by molar-refractivity contribution is 14.0. The first-order chi connectivity index (χ1) is 13.0. The number of hydrogen-bond donors (Lipinski definition) is 2. The van der Waals surface area contributed by atoms with Gasteiger partial charge in [0.05, 0.1) is 7.11 Å². The molecule has 1 fully saturated rings. The number of hydrogen-bond acceptors (Lipinski definition) is 4. The second-order valence-corrected chi connectivity index (χ2v) is 6.74. The molecule has 0 heterocycles. The van der Waals surface area contributed by atoms with Gasteiger partial charge in [0.1, 0.15) is 0 Å². The van der Waals surface area contributed by atoms with Gasteiger partial charge in [-0.1, -0.05) is 12.5 Å². The zero-order valence-electron chi connectivity index (χ0n) is 16.6. The predicted molar refractivity (Wildman–Crippen MR) is 116 cm³/mol. The van der Waals surface area contributed by atoms with Crippen LogP contribution in [0.3, 0.4) is 0 Å². The lowest BCUT2D eigenvalue weighted by molar-refractivity contribution is -0.0512. The normalized spacial score (nSPS) is 15.4. The van der Waals surface area contributed by atoms with Crippen LogP contribution in [0.25, 0.3) is 0 Å². The standard InChI is InChI=1S/C19H29F2N3O3.HI/c1-22-18(24-13-19(7-4-8-19)9-10-25-2)23-12-14-5-6-15(26-3)16(11-14)27-17(20)21;/h5-6,11,17H,4,7-10,12-13H2,1-3H3,(H2,22,23,24);1H. The molecule has 0 spiro atoms. The third-order valence-electron chi connectivity index (χ3n) is 5.01. The number of nitrogens with one attached hydrogen (secondary N) is 2. The molecule has 28 heavy (non-hydrogen) atoms. The van der Waals surface area contributed by atoms with Crippen molar-refractivity contribution in [1.82, 2.24) is 10.6 Å². The third-order valence-corrected chi connectivity index (χ3v) is 5.01. The van der Waals surface area contributed by atoms with Crippen LogP contribution in [0.4, 0.5) is 8.78 Å². The summed E-state index contributed by atoms with van der Waals surface area (Å²) in [7, 11) is 4.84. The Hall–Kier alpha value is -1.36. The number of guanidine groups is 1. The van der Waals surface area contributed by atoms with Gasteiger partial charge in [0.2, 0.25) is 0 Å². The minimum absolute atomic E-state index is 0. The fourth-order valence-corrected chi connectivity index (χ4v) is 3.21. The van der Waals surface area contributed by atoms with E-state index in [4.69, 9.17) is 9.47 Å². The first kappa shape index (κ1) is 24.7. The number of aliphatic imine (C=N–C) groups is 1. The minimum Gasteiger partial charge on any atom is -0.493 e. The van der Waals surface area contributed by atoms with Crippen LogP contribution in [0.15, 0.2) is 23.2 Å². The van der Waals surface area contributed by atoms with Crippen molar-refractivity contribution in [3.63, 3.8) is 0 Å². The van der Waals surface area contributed by atoms with E-state index in [1.165, 1.54) is 32.4 Å². The summed E-state index contributed by atoms with van der Waals surface area (Å²) in [4.78, 5) is 4.24. The van der Waals surface area contributed by atoms with E-state index >= 15 is 0 Å². The zero-order valence-corrected chi connectivity index (χ0v) is 18.9. The Labute approximate surface area is 182 Å². The minimum atomic E-state index is -2.90. The van der Waals surface area contributed by atoms with Crippen LogP contribution in [0, 0.1) is 5.41 Å². The van der Waals surface area contributed by atoms with Gasteiger partial charge in [-0.2, -0.15) is 8.78 Å². The fourth-order valence-electron chi connectivity index (χ4n) is 3.21. The Kier molecular flexibility index (Phi) is 10.8. The Bertz CT molecular complexity index is 628. The van der Waals surface area contributed by atoms with Crippen LogP contribution < -0.4 is 20.1 Å². The van der Waals surface area contributed by atoms with Crippen molar-refractivity contribution >= 4 is 29.9 Å². The van der Waals surface area contributed by atoms with E-state index in [0.29, 0.717) is 12.5 Å². The number of methoxy groups -OCH3 is 2. The van der Waals surface area contributed by atoms with Gasteiger partial charge in [-0.15, -0.1) is 24.0 Å². The Morgan fingerprint density at radius 3 is 2.50 bits per heavy atom. The van der Waals surface area contributed by atoms with Gasteiger partial charge in [0.25, 0.3) is 0 Å². The topological polar surface area (TPSA) is 64.1 Å². The van der Waals surface area contributed by atoms with E-state index in [2.05, 4.69) is 20.4 Å². The summed E-state index contributed by atoms with van der Waals surface area (Å²) >= 11 is 0. The molecule has 6 nitrogen and oxygen atoms in total. The van der Waals surface area contributed by atoms with Gasteiger partial charge in [-0.05, 0) is 42.4 Å². The molecule has 1 aromatic rings. The van der Waals surface area contributed by atoms with Gasteiger partial charge in [-0.3, -0.25) is 4.99 Å². The van der Waals surface area contributed by atoms with Gasteiger partial charge in [0.15, 0.2) is 17.5 Å². The molecule has 9 heteroatoms. The molecule has 1 aliphatic rings. The molecule has 0 bridgehead atoms. The van der Waals surface area contributed by atoms with Crippen LogP contribution in [0.2, 0.25) is 0 Å². The lowest BCUT2D eigenvalue weighted by atomic mass is 9.67. The second-order valence-electron chi connectivity index (χ2n) is 6.74. The number of rotatable bonds is 10. The summed E-state index contributed by atoms with van der Waals surface area (Å²) in [6.07, 6.45) is 4.65. The van der Waals surface area contributed by atoms with E-state index in [0.717, 1.165) is 25.1 Å². The first-order valence-electron chi connectivity index (χ1n) is 9.07. The molecular weight excluding hydrogens is 483 g/mol. The average Bonchev–Trinajstić information content (AvgIpc) is 2.62. The molecule has 1 saturated carbocycles. The number of ether oxygens (including phenoxy) is 3. The van der Waals surface area contributed by atoms with Crippen LogP contribution in [0.1, 0.15) is 31.2 Å². The van der Waals surface area contributed by atoms with Gasteiger partial charge in [-0.25, -0.2) is 0 Å². The summed E-state index contributed by atoms with van der Waals surface area (Å²) in [6.45, 7) is -0.888. The quantitative estimate of drug-likeness (QED) is 0.283. The average molecular weight is 513 g/mol. The maximum absolute atomic E-state index is 12.5. The summed E-state index contributed by atoms with van der Waals surface area (Å²) in [5.41, 5.74) is 1.05. The highest BCUT2D eigenvalue weighted by Crippen LogP contribution is 2.43. The van der Waals surface area contributed by atoms with Crippen molar-refractivity contribution in [2.75, 3.05) is 34.4 Å². The van der Waals surface area contributed by atoms with Crippen LogP contribution in [-0.4, -0.2) is 47.0 Å². The predicted octanol–water partition coefficient (Wildman–Crippen LogP) is 3.79. The molecule has 0 atom stereocenters. The first-order valence-corrected chi connectivity index (χ1v) is 9.07. The van der Waals surface area contributed by atoms with E-state index in [1.54, 1.807) is 26.3 Å². The van der Waals surface area contributed by atoms with Gasteiger partial charge >= 0.3 is 6.61 Å². The third kappa shape index (κ3) is 7.23. The smallest absolute Gasteiger partial charge is 0.387 e. The molecule has 2 rings (SSSR count). The number of benzene rings is 1. The lowest BCUT2D eigenvalue weighted by Crippen LogP contribution is -2.46. The Morgan fingerprint density at radius 2 is 1.96 bits per heavy atom. The molecule has 1 aliphatic carbocycles. The summed E-state index contributed by atoms with van der Waals surface area (Å²) in [5, 5.41) is 6.57. The largest absolute Gasteiger partial charge is 0.493 e. The van der Waals surface area contributed by atoms with Crippen molar-refractivity contribution in [2.24, 2.45) is 10.4 Å². The summed E-state index contributed by atoms with van der Waals surface area (Å²) in [5.74, 6) is 0.959. The van der Waals surface area contributed by atoms with Crippen molar-refractivity contribution in [3.8, 4) is 11.5 Å².